The van der Waals surface area contributed by atoms with Crippen LogP contribution >= 0.6 is 12.4 Å². The number of para-hydroxylation sites is 1. The van der Waals surface area contributed by atoms with Crippen molar-refractivity contribution in [1.82, 2.24) is 4.90 Å². The number of carbonyl (C=O) groups excluding carboxylic acids is 1. The number of hydrogen-bond acceptors (Lipinski definition) is 2. The van der Waals surface area contributed by atoms with Gasteiger partial charge in [0, 0.05) is 18.8 Å². The van der Waals surface area contributed by atoms with Crippen molar-refractivity contribution in [2.75, 3.05) is 24.5 Å². The van der Waals surface area contributed by atoms with E-state index in [0.717, 1.165) is 38.3 Å². The third kappa shape index (κ3) is 6.23. The molecule has 3 nitrogen and oxygen atoms in total. The van der Waals surface area contributed by atoms with E-state index in [1.165, 1.54) is 24.5 Å². The minimum Gasteiger partial charge on any atom is -0.309 e. The Labute approximate surface area is 169 Å². The molecule has 1 saturated heterocycles. The minimum absolute atomic E-state index is 0. The summed E-state index contributed by atoms with van der Waals surface area (Å²) in [5.74, 6) is 0.670. The number of likely N-dealkylation sites (tertiary alicyclic amines) is 1. The van der Waals surface area contributed by atoms with Crippen molar-refractivity contribution in [3.05, 3.63) is 78.9 Å². The standard InChI is InChI=1S/C23H28N2O.ClH/c1-2-23(26)25(22-11-7-4-8-12-22)18-15-20-13-16-24(17-14-20)19-21-9-5-3-6-10-21;/h2-12,20H,1,13-19H2;1H. The van der Waals surface area contributed by atoms with Crippen LogP contribution in [0.5, 0.6) is 0 Å². The lowest BCUT2D eigenvalue weighted by molar-refractivity contribution is -0.114. The van der Waals surface area contributed by atoms with Gasteiger partial charge in [-0.05, 0) is 62.0 Å². The first-order chi connectivity index (χ1) is 12.8. The molecule has 0 bridgehead atoms. The predicted octanol–water partition coefficient (Wildman–Crippen LogP) is 4.93. The first-order valence-electron chi connectivity index (χ1n) is 9.51. The predicted molar refractivity (Wildman–Crippen MR) is 115 cm³/mol. The van der Waals surface area contributed by atoms with Crippen LogP contribution in [0.25, 0.3) is 0 Å². The first-order valence-corrected chi connectivity index (χ1v) is 9.51. The molecule has 1 aliphatic heterocycles. The summed E-state index contributed by atoms with van der Waals surface area (Å²) in [4.78, 5) is 16.6. The van der Waals surface area contributed by atoms with E-state index in [2.05, 4.69) is 41.8 Å². The van der Waals surface area contributed by atoms with Gasteiger partial charge >= 0.3 is 0 Å². The SMILES string of the molecule is C=CC(=O)N(CCC1CCN(Cc2ccccc2)CC1)c1ccccc1.Cl. The number of nitrogens with zero attached hydrogens (tertiary/aromatic N) is 2. The van der Waals surface area contributed by atoms with Crippen LogP contribution < -0.4 is 4.90 Å². The van der Waals surface area contributed by atoms with Gasteiger partial charge in [-0.2, -0.15) is 0 Å². The lowest BCUT2D eigenvalue weighted by atomic mass is 9.93. The summed E-state index contributed by atoms with van der Waals surface area (Å²) >= 11 is 0. The molecule has 1 fully saturated rings. The van der Waals surface area contributed by atoms with Gasteiger partial charge < -0.3 is 4.90 Å². The van der Waals surface area contributed by atoms with Gasteiger partial charge in [-0.1, -0.05) is 55.1 Å². The fraction of sp³-hybridized carbons (Fsp3) is 0.348. The number of halogens is 1. The fourth-order valence-electron chi connectivity index (χ4n) is 3.67. The van der Waals surface area contributed by atoms with E-state index in [-0.39, 0.29) is 18.3 Å². The number of amides is 1. The third-order valence-electron chi connectivity index (χ3n) is 5.23. The fourth-order valence-corrected chi connectivity index (χ4v) is 3.67. The second-order valence-corrected chi connectivity index (χ2v) is 7.02. The lowest BCUT2D eigenvalue weighted by Crippen LogP contribution is -2.36. The highest BCUT2D eigenvalue weighted by Crippen LogP contribution is 2.24. The molecular formula is C23H29ClN2O. The van der Waals surface area contributed by atoms with Crippen molar-refractivity contribution < 1.29 is 4.79 Å². The Morgan fingerprint density at radius 2 is 1.63 bits per heavy atom. The van der Waals surface area contributed by atoms with Crippen molar-refractivity contribution in [2.24, 2.45) is 5.92 Å². The molecule has 0 saturated carbocycles. The van der Waals surface area contributed by atoms with E-state index < -0.39 is 0 Å². The molecule has 0 radical (unpaired) electrons. The maximum atomic E-state index is 12.2. The zero-order valence-electron chi connectivity index (χ0n) is 15.8. The molecule has 2 aromatic carbocycles. The second-order valence-electron chi connectivity index (χ2n) is 7.02. The van der Waals surface area contributed by atoms with Gasteiger partial charge in [0.05, 0.1) is 0 Å². The van der Waals surface area contributed by atoms with Crippen molar-refractivity contribution in [1.29, 1.82) is 0 Å². The van der Waals surface area contributed by atoms with Gasteiger partial charge in [0.1, 0.15) is 0 Å². The smallest absolute Gasteiger partial charge is 0.250 e. The summed E-state index contributed by atoms with van der Waals surface area (Å²) in [6.07, 6.45) is 4.87. The number of piperidine rings is 1. The van der Waals surface area contributed by atoms with E-state index in [1.54, 1.807) is 0 Å². The normalized spacial score (nSPS) is 15.0. The number of benzene rings is 2. The minimum atomic E-state index is -0.0160. The van der Waals surface area contributed by atoms with Crippen molar-refractivity contribution >= 4 is 24.0 Å². The van der Waals surface area contributed by atoms with Gasteiger partial charge in [-0.25, -0.2) is 0 Å². The van der Waals surface area contributed by atoms with Gasteiger partial charge in [0.25, 0.3) is 0 Å². The molecule has 0 spiro atoms. The third-order valence-corrected chi connectivity index (χ3v) is 5.23. The molecule has 144 valence electrons. The quantitative estimate of drug-likeness (QED) is 0.632. The van der Waals surface area contributed by atoms with Crippen molar-refractivity contribution in [3.63, 3.8) is 0 Å². The van der Waals surface area contributed by atoms with Crippen LogP contribution in [0.2, 0.25) is 0 Å². The van der Waals surface area contributed by atoms with E-state index in [1.807, 2.05) is 35.2 Å². The average molecular weight is 385 g/mol. The maximum absolute atomic E-state index is 12.2. The molecule has 4 heteroatoms. The Hall–Kier alpha value is -2.10. The molecule has 0 atom stereocenters. The number of rotatable bonds is 7. The molecule has 1 aliphatic rings. The number of hydrogen-bond donors (Lipinski definition) is 0. The van der Waals surface area contributed by atoms with Gasteiger partial charge in [-0.3, -0.25) is 9.69 Å². The van der Waals surface area contributed by atoms with E-state index in [9.17, 15) is 4.79 Å². The Morgan fingerprint density at radius 3 is 2.22 bits per heavy atom. The highest BCUT2D eigenvalue weighted by atomic mass is 35.5. The van der Waals surface area contributed by atoms with Gasteiger partial charge in [-0.15, -0.1) is 12.4 Å². The van der Waals surface area contributed by atoms with E-state index in [4.69, 9.17) is 0 Å². The van der Waals surface area contributed by atoms with Gasteiger partial charge in [0.2, 0.25) is 5.91 Å². The summed E-state index contributed by atoms with van der Waals surface area (Å²) < 4.78 is 0. The van der Waals surface area contributed by atoms with Crippen molar-refractivity contribution in [3.8, 4) is 0 Å². The molecular weight excluding hydrogens is 356 g/mol. The zero-order chi connectivity index (χ0) is 18.2. The monoisotopic (exact) mass is 384 g/mol. The molecule has 1 heterocycles. The molecule has 3 rings (SSSR count). The highest BCUT2D eigenvalue weighted by molar-refractivity contribution is 6.00. The number of anilines is 1. The van der Waals surface area contributed by atoms with Crippen LogP contribution in [0, 0.1) is 5.92 Å². The molecule has 0 aromatic heterocycles. The number of carbonyl (C=O) groups is 1. The van der Waals surface area contributed by atoms with E-state index in [0.29, 0.717) is 5.92 Å². The molecule has 0 unspecified atom stereocenters. The first kappa shape index (κ1) is 21.2. The summed E-state index contributed by atoms with van der Waals surface area (Å²) in [5.41, 5.74) is 2.34. The topological polar surface area (TPSA) is 23.6 Å². The molecule has 0 N–H and O–H groups in total. The van der Waals surface area contributed by atoms with Crippen molar-refractivity contribution in [2.45, 2.75) is 25.8 Å². The summed E-state index contributed by atoms with van der Waals surface area (Å²) in [6.45, 7) is 7.73. The molecule has 2 aromatic rings. The maximum Gasteiger partial charge on any atom is 0.250 e. The van der Waals surface area contributed by atoms with E-state index >= 15 is 0 Å². The van der Waals surface area contributed by atoms with Gasteiger partial charge in [0.15, 0.2) is 0 Å². The van der Waals surface area contributed by atoms with Crippen LogP contribution in [0.15, 0.2) is 73.3 Å². The average Bonchev–Trinajstić information content (AvgIpc) is 2.71. The summed E-state index contributed by atoms with van der Waals surface area (Å²) in [7, 11) is 0. The summed E-state index contributed by atoms with van der Waals surface area (Å²) in [5, 5.41) is 0. The van der Waals surface area contributed by atoms with Crippen LogP contribution in [0.3, 0.4) is 0 Å². The second kappa shape index (κ2) is 10.9. The Kier molecular flexibility index (Phi) is 8.56. The Bertz CT molecular complexity index is 697. The molecule has 1 amide bonds. The molecule has 27 heavy (non-hydrogen) atoms. The van der Waals surface area contributed by atoms with Crippen LogP contribution in [-0.4, -0.2) is 30.4 Å². The largest absolute Gasteiger partial charge is 0.309 e. The van der Waals surface area contributed by atoms with Crippen LogP contribution in [0.1, 0.15) is 24.8 Å². The Morgan fingerprint density at radius 1 is 1.04 bits per heavy atom. The summed E-state index contributed by atoms with van der Waals surface area (Å²) in [6, 6.07) is 20.6. The highest BCUT2D eigenvalue weighted by Gasteiger charge is 2.21. The Balaban J connectivity index is 0.00000261. The lowest BCUT2D eigenvalue weighted by Gasteiger charge is -2.33. The van der Waals surface area contributed by atoms with Crippen LogP contribution in [0.4, 0.5) is 5.69 Å². The molecule has 0 aliphatic carbocycles. The van der Waals surface area contributed by atoms with Crippen LogP contribution in [-0.2, 0) is 11.3 Å². The zero-order valence-corrected chi connectivity index (χ0v) is 16.6.